The molecule has 4 aromatic rings. The van der Waals surface area contributed by atoms with Crippen molar-refractivity contribution in [3.05, 3.63) is 65.1 Å². The summed E-state index contributed by atoms with van der Waals surface area (Å²) in [5.74, 6) is 1.31. The molecule has 7 nitrogen and oxygen atoms in total. The number of thiazole rings is 1. The third-order valence-corrected chi connectivity index (χ3v) is 4.68. The number of aryl methyl sites for hydroxylation is 1. The van der Waals surface area contributed by atoms with Gasteiger partial charge in [0.25, 0.3) is 5.91 Å². The van der Waals surface area contributed by atoms with Gasteiger partial charge in [0.2, 0.25) is 5.82 Å². The highest BCUT2D eigenvalue weighted by Crippen LogP contribution is 2.26. The number of H-pyrrole nitrogens is 1. The zero-order valence-electron chi connectivity index (χ0n) is 13.9. The number of benzene rings is 1. The minimum absolute atomic E-state index is 0.226. The minimum atomic E-state index is -0.253. The molecular weight excluding hydrogens is 350 g/mol. The van der Waals surface area contributed by atoms with E-state index in [0.29, 0.717) is 23.1 Å². The van der Waals surface area contributed by atoms with Gasteiger partial charge in [0.15, 0.2) is 5.76 Å². The zero-order chi connectivity index (χ0) is 17.9. The fourth-order valence-corrected chi connectivity index (χ4v) is 3.35. The van der Waals surface area contributed by atoms with Crippen LogP contribution in [0, 0.1) is 6.92 Å². The van der Waals surface area contributed by atoms with Crippen molar-refractivity contribution in [2.45, 2.75) is 13.5 Å². The van der Waals surface area contributed by atoms with Gasteiger partial charge in [-0.25, -0.2) is 9.97 Å². The van der Waals surface area contributed by atoms with Gasteiger partial charge in [0.1, 0.15) is 16.5 Å². The Morgan fingerprint density at radius 1 is 1.23 bits per heavy atom. The lowest BCUT2D eigenvalue weighted by Gasteiger charge is -2.01. The molecule has 130 valence electrons. The van der Waals surface area contributed by atoms with Crippen molar-refractivity contribution in [1.82, 2.24) is 25.5 Å². The van der Waals surface area contributed by atoms with E-state index in [4.69, 9.17) is 4.42 Å². The number of hydrogen-bond donors (Lipinski definition) is 2. The summed E-state index contributed by atoms with van der Waals surface area (Å²) in [5, 5.41) is 12.2. The maximum atomic E-state index is 12.3. The van der Waals surface area contributed by atoms with Crippen LogP contribution in [-0.2, 0) is 6.54 Å². The molecule has 0 unspecified atom stereocenters. The monoisotopic (exact) mass is 365 g/mol. The first kappa shape index (κ1) is 16.2. The average Bonchev–Trinajstić information content (AvgIpc) is 3.40. The first-order valence-corrected chi connectivity index (χ1v) is 8.83. The number of nitrogens with zero attached hydrogens (tertiary/aromatic N) is 3. The van der Waals surface area contributed by atoms with Crippen LogP contribution in [0.15, 0.2) is 52.5 Å². The maximum Gasteiger partial charge on any atom is 0.271 e. The number of aromatic amines is 1. The van der Waals surface area contributed by atoms with E-state index >= 15 is 0 Å². The van der Waals surface area contributed by atoms with Crippen molar-refractivity contribution in [1.29, 1.82) is 0 Å². The summed E-state index contributed by atoms with van der Waals surface area (Å²) in [6.45, 7) is 2.25. The van der Waals surface area contributed by atoms with Crippen LogP contribution in [0.4, 0.5) is 0 Å². The summed E-state index contributed by atoms with van der Waals surface area (Å²) >= 11 is 1.45. The Balaban J connectivity index is 1.42. The molecule has 0 aliphatic heterocycles. The molecule has 0 radical (unpaired) electrons. The lowest BCUT2D eigenvalue weighted by molar-refractivity contribution is 0.0945. The number of amides is 1. The highest BCUT2D eigenvalue weighted by molar-refractivity contribution is 7.13. The first-order valence-electron chi connectivity index (χ1n) is 7.95. The summed E-state index contributed by atoms with van der Waals surface area (Å²) in [6, 6.07) is 11.5. The summed E-state index contributed by atoms with van der Waals surface area (Å²) < 4.78 is 5.24. The molecule has 1 aromatic carbocycles. The number of furan rings is 1. The summed E-state index contributed by atoms with van der Waals surface area (Å²) in [6.07, 6.45) is 1.56. The standard InChI is InChI=1S/C18H15N5O2S/c1-11-5-2-3-6-12(11)18-20-13(10-26-18)17(24)19-9-15-21-16(23-22-15)14-7-4-8-25-14/h2-8,10H,9H2,1H3,(H,19,24)(H,21,22,23). The Bertz CT molecular complexity index is 1040. The smallest absolute Gasteiger partial charge is 0.271 e. The Labute approximate surface area is 153 Å². The van der Waals surface area contributed by atoms with Gasteiger partial charge in [-0.1, -0.05) is 24.3 Å². The highest BCUT2D eigenvalue weighted by Gasteiger charge is 2.14. The number of hydrogen-bond acceptors (Lipinski definition) is 6. The molecule has 26 heavy (non-hydrogen) atoms. The molecule has 0 aliphatic carbocycles. The van der Waals surface area contributed by atoms with Gasteiger partial charge in [0, 0.05) is 10.9 Å². The van der Waals surface area contributed by atoms with Crippen molar-refractivity contribution in [2.75, 3.05) is 0 Å². The second-order valence-corrected chi connectivity index (χ2v) is 6.48. The van der Waals surface area contributed by atoms with E-state index in [1.165, 1.54) is 11.3 Å². The molecule has 0 spiro atoms. The third-order valence-electron chi connectivity index (χ3n) is 3.80. The van der Waals surface area contributed by atoms with Crippen LogP contribution in [0.5, 0.6) is 0 Å². The third kappa shape index (κ3) is 3.27. The number of nitrogens with one attached hydrogen (secondary N) is 2. The minimum Gasteiger partial charge on any atom is -0.461 e. The zero-order valence-corrected chi connectivity index (χ0v) is 14.7. The van der Waals surface area contributed by atoms with E-state index < -0.39 is 0 Å². The lowest BCUT2D eigenvalue weighted by atomic mass is 10.1. The second kappa shape index (κ2) is 6.93. The molecule has 8 heteroatoms. The van der Waals surface area contributed by atoms with Gasteiger partial charge in [-0.15, -0.1) is 16.4 Å². The predicted molar refractivity (Wildman–Crippen MR) is 97.5 cm³/mol. The Kier molecular flexibility index (Phi) is 4.32. The van der Waals surface area contributed by atoms with Crippen molar-refractivity contribution >= 4 is 17.2 Å². The van der Waals surface area contributed by atoms with Crippen LogP contribution < -0.4 is 5.32 Å². The van der Waals surface area contributed by atoms with Crippen molar-refractivity contribution in [3.8, 4) is 22.2 Å². The number of rotatable bonds is 5. The molecule has 0 aliphatic rings. The molecule has 1 amide bonds. The second-order valence-electron chi connectivity index (χ2n) is 5.62. The summed E-state index contributed by atoms with van der Waals surface area (Å²) in [4.78, 5) is 21.1. The molecule has 0 bridgehead atoms. The predicted octanol–water partition coefficient (Wildman–Crippen LogP) is 3.43. The van der Waals surface area contributed by atoms with Gasteiger partial charge < -0.3 is 9.73 Å². The van der Waals surface area contributed by atoms with Gasteiger partial charge >= 0.3 is 0 Å². The lowest BCUT2D eigenvalue weighted by Crippen LogP contribution is -2.23. The molecule has 0 atom stereocenters. The van der Waals surface area contributed by atoms with E-state index in [1.54, 1.807) is 23.8 Å². The molecule has 0 saturated carbocycles. The summed E-state index contributed by atoms with van der Waals surface area (Å²) in [5.41, 5.74) is 2.55. The van der Waals surface area contributed by atoms with Crippen LogP contribution in [0.25, 0.3) is 22.2 Å². The van der Waals surface area contributed by atoms with E-state index in [9.17, 15) is 4.79 Å². The number of carbonyl (C=O) groups excluding carboxylic acids is 1. The Morgan fingerprint density at radius 2 is 2.12 bits per heavy atom. The van der Waals surface area contributed by atoms with E-state index in [-0.39, 0.29) is 12.5 Å². The number of aromatic nitrogens is 4. The largest absolute Gasteiger partial charge is 0.461 e. The Hall–Kier alpha value is -3.26. The molecule has 3 aromatic heterocycles. The summed E-state index contributed by atoms with van der Waals surface area (Å²) in [7, 11) is 0. The van der Waals surface area contributed by atoms with Crippen LogP contribution in [-0.4, -0.2) is 26.1 Å². The van der Waals surface area contributed by atoms with Crippen LogP contribution in [0.1, 0.15) is 21.9 Å². The molecular formula is C18H15N5O2S. The van der Waals surface area contributed by atoms with Crippen molar-refractivity contribution in [2.24, 2.45) is 0 Å². The fraction of sp³-hybridized carbons (Fsp3) is 0.111. The van der Waals surface area contributed by atoms with E-state index in [0.717, 1.165) is 16.1 Å². The van der Waals surface area contributed by atoms with Crippen LogP contribution in [0.2, 0.25) is 0 Å². The average molecular weight is 365 g/mol. The number of carbonyl (C=O) groups is 1. The van der Waals surface area contributed by atoms with E-state index in [1.807, 2.05) is 31.2 Å². The van der Waals surface area contributed by atoms with Crippen LogP contribution >= 0.6 is 11.3 Å². The Morgan fingerprint density at radius 3 is 2.92 bits per heavy atom. The van der Waals surface area contributed by atoms with Gasteiger partial charge in [-0.3, -0.25) is 9.89 Å². The van der Waals surface area contributed by atoms with Gasteiger partial charge in [0.05, 0.1) is 12.8 Å². The first-order chi connectivity index (χ1) is 12.7. The van der Waals surface area contributed by atoms with E-state index in [2.05, 4.69) is 25.5 Å². The van der Waals surface area contributed by atoms with Gasteiger partial charge in [-0.05, 0) is 24.6 Å². The fourth-order valence-electron chi connectivity index (χ4n) is 2.46. The molecule has 2 N–H and O–H groups in total. The molecule has 4 rings (SSSR count). The van der Waals surface area contributed by atoms with Crippen molar-refractivity contribution in [3.63, 3.8) is 0 Å². The maximum absolute atomic E-state index is 12.3. The SMILES string of the molecule is Cc1ccccc1-c1nc(C(=O)NCc2nc(-c3ccco3)n[nH]2)cs1. The molecule has 3 heterocycles. The van der Waals surface area contributed by atoms with Crippen molar-refractivity contribution < 1.29 is 9.21 Å². The quantitative estimate of drug-likeness (QED) is 0.565. The highest BCUT2D eigenvalue weighted by atomic mass is 32.1. The van der Waals surface area contributed by atoms with Gasteiger partial charge in [-0.2, -0.15) is 0 Å². The normalized spacial score (nSPS) is 10.8. The molecule has 0 saturated heterocycles. The van der Waals surface area contributed by atoms with Crippen LogP contribution in [0.3, 0.4) is 0 Å². The molecule has 0 fully saturated rings. The topological polar surface area (TPSA) is 96.7 Å².